The number of aliphatic hydroxyl groups is 1. The second kappa shape index (κ2) is 6.81. The molecular formula is C14H25F3N2O2. The molecule has 7 heteroatoms. The molecule has 124 valence electrons. The Morgan fingerprint density at radius 3 is 2.33 bits per heavy atom. The van der Waals surface area contributed by atoms with Gasteiger partial charge in [0.25, 0.3) is 0 Å². The van der Waals surface area contributed by atoms with Crippen molar-refractivity contribution in [2.24, 2.45) is 0 Å². The van der Waals surface area contributed by atoms with Crippen LogP contribution in [-0.4, -0.2) is 66.7 Å². The largest absolute Gasteiger partial charge is 0.415 e. The molecule has 0 aromatic heterocycles. The normalized spacial score (nSPS) is 26.7. The first kappa shape index (κ1) is 17.0. The van der Waals surface area contributed by atoms with E-state index in [1.54, 1.807) is 0 Å². The quantitative estimate of drug-likeness (QED) is 0.808. The van der Waals surface area contributed by atoms with Gasteiger partial charge in [-0.1, -0.05) is 12.8 Å². The van der Waals surface area contributed by atoms with Crippen LogP contribution in [0.3, 0.4) is 0 Å². The molecule has 1 heterocycles. The molecule has 2 N–H and O–H groups in total. The summed E-state index contributed by atoms with van der Waals surface area (Å²) in [5, 5.41) is 12.1. The van der Waals surface area contributed by atoms with Gasteiger partial charge in [-0.05, 0) is 19.8 Å². The highest BCUT2D eigenvalue weighted by atomic mass is 19.4. The minimum atomic E-state index is -4.56. The number of aliphatic hydroxyl groups excluding tert-OH is 1. The first-order valence-corrected chi connectivity index (χ1v) is 7.67. The molecule has 2 atom stereocenters. The van der Waals surface area contributed by atoms with Crippen LogP contribution < -0.4 is 5.32 Å². The number of morpholine rings is 1. The zero-order valence-corrected chi connectivity index (χ0v) is 12.5. The Kier molecular flexibility index (Phi) is 5.51. The molecule has 1 saturated heterocycles. The van der Waals surface area contributed by atoms with Crippen molar-refractivity contribution in [3.05, 3.63) is 0 Å². The lowest BCUT2D eigenvalue weighted by molar-refractivity contribution is -0.202. The fourth-order valence-corrected chi connectivity index (χ4v) is 3.61. The summed E-state index contributed by atoms with van der Waals surface area (Å²) in [6.07, 6.45) is -2.68. The number of ether oxygens (including phenoxy) is 1. The van der Waals surface area contributed by atoms with Crippen molar-refractivity contribution in [3.8, 4) is 0 Å². The fraction of sp³-hybridized carbons (Fsp3) is 1.00. The van der Waals surface area contributed by atoms with Crippen molar-refractivity contribution < 1.29 is 23.0 Å². The summed E-state index contributed by atoms with van der Waals surface area (Å²) in [6.45, 7) is 4.50. The molecule has 0 spiro atoms. The second-order valence-corrected chi connectivity index (χ2v) is 6.10. The molecule has 21 heavy (non-hydrogen) atoms. The minimum Gasteiger partial charge on any atom is -0.382 e. The molecule has 0 aromatic rings. The van der Waals surface area contributed by atoms with Crippen LogP contribution in [0.4, 0.5) is 13.2 Å². The molecule has 2 fully saturated rings. The van der Waals surface area contributed by atoms with Gasteiger partial charge in [0.2, 0.25) is 0 Å². The van der Waals surface area contributed by atoms with Crippen molar-refractivity contribution in [1.82, 2.24) is 10.2 Å². The van der Waals surface area contributed by atoms with E-state index in [2.05, 4.69) is 10.2 Å². The highest BCUT2D eigenvalue weighted by Gasteiger charge is 2.45. The van der Waals surface area contributed by atoms with Crippen LogP contribution in [-0.2, 0) is 4.74 Å². The zero-order valence-electron chi connectivity index (χ0n) is 12.5. The summed E-state index contributed by atoms with van der Waals surface area (Å²) < 4.78 is 42.6. The predicted molar refractivity (Wildman–Crippen MR) is 73.1 cm³/mol. The van der Waals surface area contributed by atoms with Gasteiger partial charge < -0.3 is 15.2 Å². The third-order valence-electron chi connectivity index (χ3n) is 4.91. The summed E-state index contributed by atoms with van der Waals surface area (Å²) >= 11 is 0. The van der Waals surface area contributed by atoms with Crippen LogP contribution in [0, 0.1) is 0 Å². The van der Waals surface area contributed by atoms with Crippen LogP contribution in [0.15, 0.2) is 0 Å². The second-order valence-electron chi connectivity index (χ2n) is 6.10. The molecule has 2 unspecified atom stereocenters. The van der Waals surface area contributed by atoms with Gasteiger partial charge >= 0.3 is 6.18 Å². The monoisotopic (exact) mass is 310 g/mol. The first-order valence-electron chi connectivity index (χ1n) is 7.67. The van der Waals surface area contributed by atoms with Crippen molar-refractivity contribution in [3.63, 3.8) is 0 Å². The molecule has 0 bridgehead atoms. The standard InChI is InChI=1S/C14H25F3N2O2/c1-11(18-10-12(20)14(15,16)17)13(4-2-3-5-13)19-6-8-21-9-7-19/h11-12,18,20H,2-10H2,1H3. The van der Waals surface area contributed by atoms with Crippen LogP contribution in [0.1, 0.15) is 32.6 Å². The lowest BCUT2D eigenvalue weighted by atomic mass is 9.86. The van der Waals surface area contributed by atoms with Crippen LogP contribution in [0.25, 0.3) is 0 Å². The number of nitrogens with zero attached hydrogens (tertiary/aromatic N) is 1. The summed E-state index contributed by atoms with van der Waals surface area (Å²) in [7, 11) is 0. The average molecular weight is 310 g/mol. The van der Waals surface area contributed by atoms with Gasteiger partial charge in [-0.2, -0.15) is 13.2 Å². The van der Waals surface area contributed by atoms with E-state index in [-0.39, 0.29) is 11.6 Å². The third-order valence-corrected chi connectivity index (χ3v) is 4.91. The maximum atomic E-state index is 12.4. The molecule has 2 aliphatic rings. The maximum absolute atomic E-state index is 12.4. The van der Waals surface area contributed by atoms with E-state index >= 15 is 0 Å². The smallest absolute Gasteiger partial charge is 0.382 e. The molecule has 1 aliphatic carbocycles. The SMILES string of the molecule is CC(NCC(O)C(F)(F)F)C1(N2CCOCC2)CCCC1. The van der Waals surface area contributed by atoms with E-state index in [0.717, 1.165) is 38.8 Å². The van der Waals surface area contributed by atoms with E-state index in [1.807, 2.05) is 6.92 Å². The average Bonchev–Trinajstić information content (AvgIpc) is 2.95. The van der Waals surface area contributed by atoms with Gasteiger partial charge in [0.15, 0.2) is 6.10 Å². The summed E-state index contributed by atoms with van der Waals surface area (Å²) in [5.74, 6) is 0. The molecule has 2 rings (SSSR count). The number of hydrogen-bond acceptors (Lipinski definition) is 4. The topological polar surface area (TPSA) is 44.7 Å². The van der Waals surface area contributed by atoms with Crippen molar-refractivity contribution in [1.29, 1.82) is 0 Å². The van der Waals surface area contributed by atoms with Crippen molar-refractivity contribution in [2.45, 2.75) is 56.5 Å². The molecule has 0 radical (unpaired) electrons. The number of rotatable bonds is 5. The van der Waals surface area contributed by atoms with Gasteiger partial charge in [-0.3, -0.25) is 4.90 Å². The molecule has 0 aromatic carbocycles. The Morgan fingerprint density at radius 2 is 1.81 bits per heavy atom. The maximum Gasteiger partial charge on any atom is 0.415 e. The van der Waals surface area contributed by atoms with Crippen LogP contribution >= 0.6 is 0 Å². The third kappa shape index (κ3) is 3.88. The summed E-state index contributed by atoms with van der Waals surface area (Å²) in [5.41, 5.74) is -0.102. The number of halogens is 3. The van der Waals surface area contributed by atoms with Crippen LogP contribution in [0.5, 0.6) is 0 Å². The Morgan fingerprint density at radius 1 is 1.24 bits per heavy atom. The van der Waals surface area contributed by atoms with E-state index in [4.69, 9.17) is 9.84 Å². The van der Waals surface area contributed by atoms with E-state index < -0.39 is 18.8 Å². The number of hydrogen-bond donors (Lipinski definition) is 2. The summed E-state index contributed by atoms with van der Waals surface area (Å²) in [4.78, 5) is 2.36. The fourth-order valence-electron chi connectivity index (χ4n) is 3.61. The van der Waals surface area contributed by atoms with Crippen LogP contribution in [0.2, 0.25) is 0 Å². The van der Waals surface area contributed by atoms with Crippen molar-refractivity contribution >= 4 is 0 Å². The number of nitrogens with one attached hydrogen (secondary N) is 1. The Balaban J connectivity index is 1.97. The van der Waals surface area contributed by atoms with Gasteiger partial charge in [0.1, 0.15) is 0 Å². The highest BCUT2D eigenvalue weighted by molar-refractivity contribution is 5.02. The van der Waals surface area contributed by atoms with E-state index in [0.29, 0.717) is 13.2 Å². The lowest BCUT2D eigenvalue weighted by Crippen LogP contribution is -2.62. The number of alkyl halides is 3. The zero-order chi connectivity index (χ0) is 15.5. The molecular weight excluding hydrogens is 285 g/mol. The Labute approximate surface area is 123 Å². The van der Waals surface area contributed by atoms with E-state index in [1.165, 1.54) is 0 Å². The Hall–Kier alpha value is -0.370. The molecule has 1 saturated carbocycles. The van der Waals surface area contributed by atoms with Gasteiger partial charge in [0.05, 0.1) is 13.2 Å². The van der Waals surface area contributed by atoms with Gasteiger partial charge in [-0.25, -0.2) is 0 Å². The molecule has 1 aliphatic heterocycles. The molecule has 0 amide bonds. The van der Waals surface area contributed by atoms with Crippen molar-refractivity contribution in [2.75, 3.05) is 32.8 Å². The Bertz CT molecular complexity index is 327. The predicted octanol–water partition coefficient (Wildman–Crippen LogP) is 1.53. The lowest BCUT2D eigenvalue weighted by Gasteiger charge is -2.47. The first-order chi connectivity index (χ1) is 9.86. The summed E-state index contributed by atoms with van der Waals surface area (Å²) in [6, 6.07) is -0.0879. The molecule has 4 nitrogen and oxygen atoms in total. The van der Waals surface area contributed by atoms with Gasteiger partial charge in [-0.15, -0.1) is 0 Å². The van der Waals surface area contributed by atoms with E-state index in [9.17, 15) is 13.2 Å². The highest BCUT2D eigenvalue weighted by Crippen LogP contribution is 2.38. The minimum absolute atomic E-state index is 0.0879. The van der Waals surface area contributed by atoms with Gasteiger partial charge in [0, 0.05) is 31.2 Å².